The fraction of sp³-hybridized carbons (Fsp3) is 0.333. The molecule has 1 N–H and O–H groups in total. The lowest BCUT2D eigenvalue weighted by molar-refractivity contribution is -0.274. The van der Waals surface area contributed by atoms with E-state index in [0.717, 1.165) is 5.69 Å². The number of halogens is 3. The lowest BCUT2D eigenvalue weighted by Crippen LogP contribution is -2.17. The van der Waals surface area contributed by atoms with Crippen LogP contribution in [0.2, 0.25) is 0 Å². The van der Waals surface area contributed by atoms with Gasteiger partial charge in [-0.2, -0.15) is 0 Å². The minimum Gasteiger partial charge on any atom is -0.406 e. The molecule has 0 aromatic heterocycles. The Labute approximate surface area is 97.8 Å². The van der Waals surface area contributed by atoms with Crippen LogP contribution in [-0.2, 0) is 0 Å². The van der Waals surface area contributed by atoms with Gasteiger partial charge < -0.3 is 10.1 Å². The normalized spacial score (nSPS) is 10.4. The Morgan fingerprint density at radius 3 is 2.41 bits per heavy atom. The maximum atomic E-state index is 11.9. The average molecular weight is 243 g/mol. The van der Waals surface area contributed by atoms with Gasteiger partial charge in [0.05, 0.1) is 0 Å². The fourth-order valence-electron chi connectivity index (χ4n) is 1.17. The van der Waals surface area contributed by atoms with Crippen LogP contribution < -0.4 is 10.1 Å². The molecule has 0 aliphatic heterocycles. The highest BCUT2D eigenvalue weighted by atomic mass is 19.4. The van der Waals surface area contributed by atoms with Crippen molar-refractivity contribution in [2.24, 2.45) is 0 Å². The van der Waals surface area contributed by atoms with Gasteiger partial charge in [0.1, 0.15) is 5.75 Å². The van der Waals surface area contributed by atoms with Gasteiger partial charge in [0.2, 0.25) is 0 Å². The molecule has 92 valence electrons. The molecular formula is C12H12F3NO. The third-order valence-corrected chi connectivity index (χ3v) is 1.84. The van der Waals surface area contributed by atoms with Crippen LogP contribution in [0.4, 0.5) is 18.9 Å². The van der Waals surface area contributed by atoms with E-state index in [0.29, 0.717) is 13.0 Å². The minimum atomic E-state index is -4.65. The number of anilines is 1. The lowest BCUT2D eigenvalue weighted by atomic mass is 10.3. The summed E-state index contributed by atoms with van der Waals surface area (Å²) in [7, 11) is 0. The van der Waals surface area contributed by atoms with Crippen molar-refractivity contribution in [1.29, 1.82) is 0 Å². The Morgan fingerprint density at radius 2 is 1.88 bits per heavy atom. The number of hydrogen-bond acceptors (Lipinski definition) is 2. The molecule has 17 heavy (non-hydrogen) atoms. The van der Waals surface area contributed by atoms with Gasteiger partial charge in [0, 0.05) is 18.7 Å². The third-order valence-electron chi connectivity index (χ3n) is 1.84. The van der Waals surface area contributed by atoms with E-state index in [-0.39, 0.29) is 5.75 Å². The molecular weight excluding hydrogens is 231 g/mol. The Bertz CT molecular complexity index is 400. The number of ether oxygens (including phenoxy) is 1. The van der Waals surface area contributed by atoms with Crippen molar-refractivity contribution in [3.05, 3.63) is 24.3 Å². The molecule has 0 aliphatic carbocycles. The van der Waals surface area contributed by atoms with Crippen molar-refractivity contribution in [2.75, 3.05) is 11.9 Å². The Morgan fingerprint density at radius 1 is 1.24 bits per heavy atom. The first-order chi connectivity index (χ1) is 8.01. The molecule has 0 heterocycles. The molecule has 0 fully saturated rings. The predicted molar refractivity (Wildman–Crippen MR) is 59.7 cm³/mol. The van der Waals surface area contributed by atoms with Crippen LogP contribution in [0.25, 0.3) is 0 Å². The van der Waals surface area contributed by atoms with Crippen molar-refractivity contribution in [2.45, 2.75) is 19.7 Å². The maximum Gasteiger partial charge on any atom is 0.573 e. The molecule has 1 rings (SSSR count). The average Bonchev–Trinajstić information content (AvgIpc) is 2.25. The van der Waals surface area contributed by atoms with Gasteiger partial charge >= 0.3 is 6.36 Å². The van der Waals surface area contributed by atoms with Gasteiger partial charge in [0.25, 0.3) is 0 Å². The second-order valence-electron chi connectivity index (χ2n) is 3.18. The van der Waals surface area contributed by atoms with Crippen molar-refractivity contribution in [3.63, 3.8) is 0 Å². The van der Waals surface area contributed by atoms with E-state index < -0.39 is 6.36 Å². The fourth-order valence-corrected chi connectivity index (χ4v) is 1.17. The lowest BCUT2D eigenvalue weighted by Gasteiger charge is -2.09. The van der Waals surface area contributed by atoms with Crippen molar-refractivity contribution in [3.8, 4) is 17.6 Å². The van der Waals surface area contributed by atoms with Gasteiger partial charge in [-0.1, -0.05) is 0 Å². The molecule has 0 saturated heterocycles. The Balaban J connectivity index is 2.46. The molecule has 1 aromatic carbocycles. The first-order valence-electron chi connectivity index (χ1n) is 5.00. The summed E-state index contributed by atoms with van der Waals surface area (Å²) in [6.45, 7) is 2.41. The quantitative estimate of drug-likeness (QED) is 0.646. The van der Waals surface area contributed by atoms with Crippen LogP contribution in [-0.4, -0.2) is 12.9 Å². The molecule has 0 amide bonds. The summed E-state index contributed by atoms with van der Waals surface area (Å²) in [6, 6.07) is 5.59. The largest absolute Gasteiger partial charge is 0.573 e. The van der Waals surface area contributed by atoms with E-state index in [1.54, 1.807) is 6.92 Å². The Kier molecular flexibility index (Phi) is 4.70. The van der Waals surface area contributed by atoms with Crippen LogP contribution in [0.5, 0.6) is 5.75 Å². The smallest absolute Gasteiger partial charge is 0.406 e. The van der Waals surface area contributed by atoms with Gasteiger partial charge in [-0.3, -0.25) is 0 Å². The number of hydrogen-bond donors (Lipinski definition) is 1. The van der Waals surface area contributed by atoms with E-state index in [9.17, 15) is 13.2 Å². The second kappa shape index (κ2) is 6.04. The topological polar surface area (TPSA) is 21.3 Å². The zero-order chi connectivity index (χ0) is 12.7. The number of benzene rings is 1. The highest BCUT2D eigenvalue weighted by Gasteiger charge is 2.30. The van der Waals surface area contributed by atoms with E-state index in [4.69, 9.17) is 0 Å². The van der Waals surface area contributed by atoms with Gasteiger partial charge in [0.15, 0.2) is 0 Å². The molecule has 0 bridgehead atoms. The molecule has 0 aliphatic rings. The van der Waals surface area contributed by atoms with Crippen LogP contribution in [0, 0.1) is 11.8 Å². The van der Waals surface area contributed by atoms with Crippen LogP contribution in [0.3, 0.4) is 0 Å². The third kappa shape index (κ3) is 5.71. The predicted octanol–water partition coefficient (Wildman–Crippen LogP) is 3.41. The van der Waals surface area contributed by atoms with E-state index in [2.05, 4.69) is 21.9 Å². The van der Waals surface area contributed by atoms with Gasteiger partial charge in [-0.05, 0) is 31.2 Å². The molecule has 0 radical (unpaired) electrons. The van der Waals surface area contributed by atoms with Gasteiger partial charge in [-0.15, -0.1) is 25.0 Å². The zero-order valence-corrected chi connectivity index (χ0v) is 9.27. The van der Waals surface area contributed by atoms with Crippen LogP contribution >= 0.6 is 0 Å². The standard InChI is InChI=1S/C12H12F3NO/c1-2-3-4-9-16-10-5-7-11(8-6-10)17-12(13,14)15/h5-8,16H,4,9H2,1H3. The molecule has 0 spiro atoms. The summed E-state index contributed by atoms with van der Waals surface area (Å²) in [4.78, 5) is 0. The van der Waals surface area contributed by atoms with Gasteiger partial charge in [-0.25, -0.2) is 0 Å². The summed E-state index contributed by atoms with van der Waals surface area (Å²) in [5, 5.41) is 3.03. The Hall–Kier alpha value is -1.83. The molecule has 0 atom stereocenters. The van der Waals surface area contributed by atoms with Crippen LogP contribution in [0.1, 0.15) is 13.3 Å². The van der Waals surface area contributed by atoms with Crippen molar-refractivity contribution < 1.29 is 17.9 Å². The molecule has 1 aromatic rings. The summed E-state index contributed by atoms with van der Waals surface area (Å²) < 4.78 is 39.4. The summed E-state index contributed by atoms with van der Waals surface area (Å²) in [5.74, 6) is 5.40. The first kappa shape index (κ1) is 13.2. The summed E-state index contributed by atoms with van der Waals surface area (Å²) >= 11 is 0. The van der Waals surface area contributed by atoms with Crippen molar-refractivity contribution in [1.82, 2.24) is 0 Å². The second-order valence-corrected chi connectivity index (χ2v) is 3.18. The molecule has 2 nitrogen and oxygen atoms in total. The van der Waals surface area contributed by atoms with E-state index >= 15 is 0 Å². The highest BCUT2D eigenvalue weighted by molar-refractivity contribution is 5.46. The summed E-state index contributed by atoms with van der Waals surface area (Å²) in [6.07, 6.45) is -3.96. The molecule has 0 saturated carbocycles. The first-order valence-corrected chi connectivity index (χ1v) is 5.00. The number of nitrogens with one attached hydrogen (secondary N) is 1. The van der Waals surface area contributed by atoms with E-state index in [1.807, 2.05) is 0 Å². The molecule has 5 heteroatoms. The number of rotatable bonds is 4. The minimum absolute atomic E-state index is 0.226. The monoisotopic (exact) mass is 243 g/mol. The van der Waals surface area contributed by atoms with Crippen molar-refractivity contribution >= 4 is 5.69 Å². The maximum absolute atomic E-state index is 11.9. The van der Waals surface area contributed by atoms with E-state index in [1.165, 1.54) is 24.3 Å². The SMILES string of the molecule is CC#CCCNc1ccc(OC(F)(F)F)cc1. The highest BCUT2D eigenvalue weighted by Crippen LogP contribution is 2.23. The van der Waals surface area contributed by atoms with Crippen LogP contribution in [0.15, 0.2) is 24.3 Å². The molecule has 0 unspecified atom stereocenters. The number of alkyl halides is 3. The zero-order valence-electron chi connectivity index (χ0n) is 9.27. The summed E-state index contributed by atoms with van der Waals surface area (Å²) in [5.41, 5.74) is 0.734.